The first-order valence-electron chi connectivity index (χ1n) is 9.83. The Hall–Kier alpha value is -1.92. The highest BCUT2D eigenvalue weighted by Gasteiger charge is 2.34. The first-order chi connectivity index (χ1) is 12.7. The van der Waals surface area contributed by atoms with Crippen molar-refractivity contribution in [2.24, 2.45) is 0 Å². The molecule has 2 amide bonds. The number of nitrogens with one attached hydrogen (secondary N) is 2. The standard InChI is InChI=1S/C20H28N4O2/c25-19(22-16-6-7-16)18-14-24(13-10-21-18)17-8-11-23(12-9-17)20(26)15-4-2-1-3-5-15/h1-5,16-18,21H,6-14H2,(H,22,25). The van der Waals surface area contributed by atoms with Crippen LogP contribution in [0.1, 0.15) is 36.0 Å². The summed E-state index contributed by atoms with van der Waals surface area (Å²) < 4.78 is 0. The molecule has 1 saturated carbocycles. The Kier molecular flexibility index (Phi) is 5.22. The molecule has 4 rings (SSSR count). The maximum atomic E-state index is 12.6. The number of rotatable bonds is 4. The molecule has 3 fully saturated rings. The fourth-order valence-corrected chi connectivity index (χ4v) is 4.01. The van der Waals surface area contributed by atoms with Gasteiger partial charge >= 0.3 is 0 Å². The molecule has 6 nitrogen and oxygen atoms in total. The van der Waals surface area contributed by atoms with Crippen molar-refractivity contribution in [3.63, 3.8) is 0 Å². The monoisotopic (exact) mass is 356 g/mol. The summed E-state index contributed by atoms with van der Waals surface area (Å²) in [5, 5.41) is 6.46. The highest BCUT2D eigenvalue weighted by Crippen LogP contribution is 2.21. The number of carbonyl (C=O) groups excluding carboxylic acids is 2. The summed E-state index contributed by atoms with van der Waals surface area (Å²) in [4.78, 5) is 29.3. The Labute approximate surface area is 154 Å². The van der Waals surface area contributed by atoms with Gasteiger partial charge < -0.3 is 15.5 Å². The maximum absolute atomic E-state index is 12.6. The number of hydrogen-bond donors (Lipinski definition) is 2. The van der Waals surface area contributed by atoms with Crippen LogP contribution >= 0.6 is 0 Å². The van der Waals surface area contributed by atoms with Gasteiger partial charge in [0.15, 0.2) is 0 Å². The number of benzene rings is 1. The lowest BCUT2D eigenvalue weighted by Crippen LogP contribution is -2.60. The average molecular weight is 356 g/mol. The fraction of sp³-hybridized carbons (Fsp3) is 0.600. The molecular weight excluding hydrogens is 328 g/mol. The molecule has 2 saturated heterocycles. The second-order valence-electron chi connectivity index (χ2n) is 7.67. The molecule has 3 aliphatic rings. The molecule has 0 spiro atoms. The Balaban J connectivity index is 1.28. The minimum Gasteiger partial charge on any atom is -0.352 e. The van der Waals surface area contributed by atoms with Crippen LogP contribution in [0.4, 0.5) is 0 Å². The first kappa shape index (κ1) is 17.5. The van der Waals surface area contributed by atoms with Crippen LogP contribution in [0.5, 0.6) is 0 Å². The van der Waals surface area contributed by atoms with Crippen molar-refractivity contribution >= 4 is 11.8 Å². The van der Waals surface area contributed by atoms with E-state index in [0.29, 0.717) is 12.1 Å². The molecule has 1 unspecified atom stereocenters. The third kappa shape index (κ3) is 4.07. The lowest BCUT2D eigenvalue weighted by atomic mass is 10.00. The van der Waals surface area contributed by atoms with E-state index in [1.165, 1.54) is 0 Å². The molecule has 26 heavy (non-hydrogen) atoms. The normalized spacial score (nSPS) is 25.1. The van der Waals surface area contributed by atoms with E-state index in [9.17, 15) is 9.59 Å². The van der Waals surface area contributed by atoms with Crippen molar-refractivity contribution in [3.05, 3.63) is 35.9 Å². The molecule has 1 atom stereocenters. The van der Waals surface area contributed by atoms with E-state index in [4.69, 9.17) is 0 Å². The van der Waals surface area contributed by atoms with Crippen LogP contribution in [0.25, 0.3) is 0 Å². The molecule has 6 heteroatoms. The largest absolute Gasteiger partial charge is 0.352 e. The van der Waals surface area contributed by atoms with Gasteiger partial charge in [-0.05, 0) is 37.8 Å². The Morgan fingerprint density at radius 2 is 1.73 bits per heavy atom. The number of amides is 2. The van der Waals surface area contributed by atoms with Crippen molar-refractivity contribution in [2.75, 3.05) is 32.7 Å². The quantitative estimate of drug-likeness (QED) is 0.839. The number of likely N-dealkylation sites (tertiary alicyclic amines) is 1. The highest BCUT2D eigenvalue weighted by molar-refractivity contribution is 5.94. The Bertz CT molecular complexity index is 638. The van der Waals surface area contributed by atoms with E-state index in [2.05, 4.69) is 15.5 Å². The Morgan fingerprint density at radius 3 is 2.42 bits per heavy atom. The summed E-state index contributed by atoms with van der Waals surface area (Å²) in [5.41, 5.74) is 0.768. The van der Waals surface area contributed by atoms with Crippen LogP contribution in [0.15, 0.2) is 30.3 Å². The van der Waals surface area contributed by atoms with Gasteiger partial charge in [0.2, 0.25) is 5.91 Å². The molecule has 0 aromatic heterocycles. The third-order valence-electron chi connectivity index (χ3n) is 5.74. The molecule has 1 aromatic carbocycles. The molecule has 2 heterocycles. The van der Waals surface area contributed by atoms with Gasteiger partial charge in [0.05, 0.1) is 6.04 Å². The summed E-state index contributed by atoms with van der Waals surface area (Å²) in [7, 11) is 0. The van der Waals surface area contributed by atoms with Crippen LogP contribution in [0, 0.1) is 0 Å². The van der Waals surface area contributed by atoms with Crippen molar-refractivity contribution in [2.45, 2.75) is 43.8 Å². The van der Waals surface area contributed by atoms with Gasteiger partial charge in [0.1, 0.15) is 0 Å². The molecule has 0 radical (unpaired) electrons. The van der Waals surface area contributed by atoms with E-state index >= 15 is 0 Å². The summed E-state index contributed by atoms with van der Waals surface area (Å²) >= 11 is 0. The molecule has 1 aromatic rings. The second-order valence-corrected chi connectivity index (χ2v) is 7.67. The predicted molar refractivity (Wildman–Crippen MR) is 99.9 cm³/mol. The zero-order valence-electron chi connectivity index (χ0n) is 15.2. The number of nitrogens with zero attached hydrogens (tertiary/aromatic N) is 2. The van der Waals surface area contributed by atoms with Crippen LogP contribution in [-0.2, 0) is 4.79 Å². The van der Waals surface area contributed by atoms with Crippen LogP contribution in [-0.4, -0.2) is 72.5 Å². The van der Waals surface area contributed by atoms with Gasteiger partial charge in [0.25, 0.3) is 5.91 Å². The molecule has 2 aliphatic heterocycles. The van der Waals surface area contributed by atoms with E-state index in [1.54, 1.807) is 0 Å². The van der Waals surface area contributed by atoms with Gasteiger partial charge in [-0.2, -0.15) is 0 Å². The van der Waals surface area contributed by atoms with Crippen molar-refractivity contribution < 1.29 is 9.59 Å². The van der Waals surface area contributed by atoms with Gasteiger partial charge in [-0.1, -0.05) is 18.2 Å². The van der Waals surface area contributed by atoms with Gasteiger partial charge in [-0.15, -0.1) is 0 Å². The van der Waals surface area contributed by atoms with Crippen LogP contribution < -0.4 is 10.6 Å². The molecular formula is C20H28N4O2. The maximum Gasteiger partial charge on any atom is 0.253 e. The van der Waals surface area contributed by atoms with Crippen molar-refractivity contribution in [3.8, 4) is 0 Å². The summed E-state index contributed by atoms with van der Waals surface area (Å²) in [6, 6.07) is 10.3. The van der Waals surface area contributed by atoms with Gasteiger partial charge in [0, 0.05) is 50.4 Å². The molecule has 2 N–H and O–H groups in total. The summed E-state index contributed by atoms with van der Waals surface area (Å²) in [5.74, 6) is 0.278. The second kappa shape index (κ2) is 7.76. The summed E-state index contributed by atoms with van der Waals surface area (Å²) in [6.07, 6.45) is 4.21. The number of piperazine rings is 1. The Morgan fingerprint density at radius 1 is 1.00 bits per heavy atom. The SMILES string of the molecule is O=C(NC1CC1)C1CN(C2CCN(C(=O)c3ccccc3)CC2)CCN1. The zero-order chi connectivity index (χ0) is 17.9. The van der Waals surface area contributed by atoms with Gasteiger partial charge in [-0.3, -0.25) is 14.5 Å². The lowest BCUT2D eigenvalue weighted by molar-refractivity contribution is -0.124. The van der Waals surface area contributed by atoms with Crippen LogP contribution in [0.3, 0.4) is 0 Å². The number of hydrogen-bond acceptors (Lipinski definition) is 4. The summed E-state index contributed by atoms with van der Waals surface area (Å²) in [6.45, 7) is 4.19. The first-order valence-corrected chi connectivity index (χ1v) is 9.83. The molecule has 140 valence electrons. The smallest absolute Gasteiger partial charge is 0.253 e. The number of carbonyl (C=O) groups is 2. The predicted octanol–water partition coefficient (Wildman–Crippen LogP) is 0.844. The molecule has 0 bridgehead atoms. The van der Waals surface area contributed by atoms with E-state index < -0.39 is 0 Å². The van der Waals surface area contributed by atoms with E-state index in [1.807, 2.05) is 35.2 Å². The van der Waals surface area contributed by atoms with E-state index in [0.717, 1.165) is 64.0 Å². The van der Waals surface area contributed by atoms with Crippen molar-refractivity contribution in [1.82, 2.24) is 20.4 Å². The zero-order valence-corrected chi connectivity index (χ0v) is 15.2. The fourth-order valence-electron chi connectivity index (χ4n) is 4.01. The topological polar surface area (TPSA) is 64.7 Å². The molecule has 1 aliphatic carbocycles. The minimum atomic E-state index is -0.103. The lowest BCUT2D eigenvalue weighted by Gasteiger charge is -2.42. The number of piperidine rings is 1. The van der Waals surface area contributed by atoms with Crippen molar-refractivity contribution in [1.29, 1.82) is 0 Å². The van der Waals surface area contributed by atoms with E-state index in [-0.39, 0.29) is 17.9 Å². The average Bonchev–Trinajstić information content (AvgIpc) is 3.52. The highest BCUT2D eigenvalue weighted by atomic mass is 16.2. The van der Waals surface area contributed by atoms with Crippen LogP contribution in [0.2, 0.25) is 0 Å². The third-order valence-corrected chi connectivity index (χ3v) is 5.74. The van der Waals surface area contributed by atoms with Gasteiger partial charge in [-0.25, -0.2) is 0 Å². The minimum absolute atomic E-state index is 0.103.